The van der Waals surface area contributed by atoms with Gasteiger partial charge in [0.1, 0.15) is 23.9 Å². The zero-order valence-corrected chi connectivity index (χ0v) is 22.9. The van der Waals surface area contributed by atoms with Crippen molar-refractivity contribution in [1.82, 2.24) is 0 Å². The second kappa shape index (κ2) is 9.55. The van der Waals surface area contributed by atoms with E-state index in [0.717, 1.165) is 66.5 Å². The third-order valence-corrected chi connectivity index (χ3v) is 9.39. The van der Waals surface area contributed by atoms with Crippen LogP contribution in [0.2, 0.25) is 0 Å². The van der Waals surface area contributed by atoms with Crippen LogP contribution in [0, 0.1) is 17.2 Å². The summed E-state index contributed by atoms with van der Waals surface area (Å²) < 4.78 is 26.8. The molecule has 0 radical (unpaired) electrons. The van der Waals surface area contributed by atoms with Gasteiger partial charge in [-0.2, -0.15) is 0 Å². The van der Waals surface area contributed by atoms with Crippen molar-refractivity contribution in [2.24, 2.45) is 11.3 Å². The highest BCUT2D eigenvalue weighted by Crippen LogP contribution is 2.57. The number of ether oxygens (including phenoxy) is 2. The van der Waals surface area contributed by atoms with Crippen molar-refractivity contribution in [3.05, 3.63) is 88.7 Å². The van der Waals surface area contributed by atoms with Gasteiger partial charge in [0.05, 0.1) is 13.0 Å². The van der Waals surface area contributed by atoms with Gasteiger partial charge in [0, 0.05) is 11.0 Å². The maximum absolute atomic E-state index is 15.1. The molecule has 0 unspecified atom stereocenters. The Balaban J connectivity index is 1.32. The molecule has 202 valence electrons. The molecule has 0 amide bonds. The standard InChI is InChI=1S/C34H35FO4/c1-33(2)14-4-5-28(33)26-17-21(6-10-25(26)27-18-23(38-3)9-11-31(27)35)20-39-24-8-7-22-12-15-34(30(22)19-24)16-13-29(34)32(36)37/h5-11,17-19,29H,4,12-16,20H2,1-3H3,(H,36,37)/t29-,34-/m1/s1. The molecule has 5 heteroatoms. The highest BCUT2D eigenvalue weighted by Gasteiger charge is 2.54. The molecule has 0 aliphatic heterocycles. The fraction of sp³-hybridized carbons (Fsp3) is 0.382. The first-order valence-corrected chi connectivity index (χ1v) is 13.9. The van der Waals surface area contributed by atoms with Crippen LogP contribution < -0.4 is 9.47 Å². The number of fused-ring (bicyclic) bond motifs is 2. The van der Waals surface area contributed by atoms with Crippen LogP contribution in [0.15, 0.2) is 60.7 Å². The molecule has 1 saturated carbocycles. The Morgan fingerprint density at radius 2 is 1.79 bits per heavy atom. The minimum Gasteiger partial charge on any atom is -0.497 e. The largest absolute Gasteiger partial charge is 0.497 e. The maximum atomic E-state index is 15.1. The van der Waals surface area contributed by atoms with Crippen molar-refractivity contribution in [3.8, 4) is 22.6 Å². The molecular weight excluding hydrogens is 491 g/mol. The zero-order chi connectivity index (χ0) is 27.4. The highest BCUT2D eigenvalue weighted by atomic mass is 19.1. The van der Waals surface area contributed by atoms with E-state index in [1.165, 1.54) is 17.2 Å². The van der Waals surface area contributed by atoms with Gasteiger partial charge in [-0.3, -0.25) is 4.79 Å². The minimum atomic E-state index is -0.690. The fourth-order valence-electron chi connectivity index (χ4n) is 7.04. The van der Waals surface area contributed by atoms with Gasteiger partial charge in [-0.1, -0.05) is 38.1 Å². The summed E-state index contributed by atoms with van der Waals surface area (Å²) in [6.45, 7) is 4.85. The van der Waals surface area contributed by atoms with E-state index in [1.807, 2.05) is 18.2 Å². The molecule has 3 aliphatic carbocycles. The maximum Gasteiger partial charge on any atom is 0.307 e. The Hall–Kier alpha value is -3.60. The predicted molar refractivity (Wildman–Crippen MR) is 151 cm³/mol. The Morgan fingerprint density at radius 1 is 0.974 bits per heavy atom. The van der Waals surface area contributed by atoms with Gasteiger partial charge in [0.25, 0.3) is 0 Å². The van der Waals surface area contributed by atoms with E-state index in [0.29, 0.717) is 17.9 Å². The summed E-state index contributed by atoms with van der Waals surface area (Å²) in [6.07, 6.45) is 7.83. The highest BCUT2D eigenvalue weighted by molar-refractivity contribution is 5.85. The van der Waals surface area contributed by atoms with Crippen molar-refractivity contribution in [1.29, 1.82) is 0 Å². The van der Waals surface area contributed by atoms with Gasteiger partial charge in [-0.15, -0.1) is 0 Å². The van der Waals surface area contributed by atoms with E-state index in [1.54, 1.807) is 19.2 Å². The van der Waals surface area contributed by atoms with Crippen molar-refractivity contribution in [2.45, 2.75) is 64.4 Å². The van der Waals surface area contributed by atoms with Crippen LogP contribution in [-0.4, -0.2) is 18.2 Å². The van der Waals surface area contributed by atoms with E-state index < -0.39 is 5.97 Å². The molecule has 0 heterocycles. The lowest BCUT2D eigenvalue weighted by Gasteiger charge is -2.45. The smallest absolute Gasteiger partial charge is 0.307 e. The third kappa shape index (κ3) is 4.32. The Morgan fingerprint density at radius 3 is 2.49 bits per heavy atom. The Kier molecular flexibility index (Phi) is 6.28. The predicted octanol–water partition coefficient (Wildman–Crippen LogP) is 7.96. The van der Waals surface area contributed by atoms with Gasteiger partial charge in [-0.05, 0) is 114 Å². The Bertz CT molecular complexity index is 1490. The summed E-state index contributed by atoms with van der Waals surface area (Å²) in [5.41, 5.74) is 6.78. The van der Waals surface area contributed by atoms with Gasteiger partial charge in [0.15, 0.2) is 0 Å². The van der Waals surface area contributed by atoms with E-state index in [2.05, 4.69) is 38.1 Å². The Labute approximate surface area is 229 Å². The number of carboxylic acid groups (broad SMARTS) is 1. The minimum absolute atomic E-state index is 0.0126. The molecule has 2 atom stereocenters. The lowest BCUT2D eigenvalue weighted by Crippen LogP contribution is -2.46. The summed E-state index contributed by atoms with van der Waals surface area (Å²) >= 11 is 0. The summed E-state index contributed by atoms with van der Waals surface area (Å²) in [4.78, 5) is 11.9. The molecule has 3 aromatic rings. The first-order valence-electron chi connectivity index (χ1n) is 13.9. The SMILES string of the molecule is COc1ccc(F)c(-c2ccc(COc3ccc4c(c3)[C@]3(CC4)CC[C@@H]3C(=O)O)cc2C2=CCCC2(C)C)c1. The van der Waals surface area contributed by atoms with E-state index >= 15 is 4.39 Å². The van der Waals surface area contributed by atoms with Crippen LogP contribution in [0.5, 0.6) is 11.5 Å². The summed E-state index contributed by atoms with van der Waals surface area (Å²) in [5.74, 6) is 0.111. The van der Waals surface area contributed by atoms with Crippen LogP contribution in [0.25, 0.3) is 16.7 Å². The number of halogens is 1. The number of hydrogen-bond donors (Lipinski definition) is 1. The average Bonchev–Trinajstić information content (AvgIpc) is 3.47. The lowest BCUT2D eigenvalue weighted by atomic mass is 9.57. The number of aryl methyl sites for hydroxylation is 1. The van der Waals surface area contributed by atoms with Gasteiger partial charge in [-0.25, -0.2) is 4.39 Å². The topological polar surface area (TPSA) is 55.8 Å². The van der Waals surface area contributed by atoms with Crippen molar-refractivity contribution in [3.63, 3.8) is 0 Å². The summed E-state index contributed by atoms with van der Waals surface area (Å²) in [7, 11) is 1.59. The number of benzene rings is 3. The molecule has 0 aromatic heterocycles. The van der Waals surface area contributed by atoms with E-state index in [4.69, 9.17) is 9.47 Å². The number of methoxy groups -OCH3 is 1. The van der Waals surface area contributed by atoms with Crippen molar-refractivity contribution >= 4 is 11.5 Å². The second-order valence-electron chi connectivity index (χ2n) is 12.0. The van der Waals surface area contributed by atoms with Crippen LogP contribution in [0.3, 0.4) is 0 Å². The van der Waals surface area contributed by atoms with Crippen LogP contribution in [0.4, 0.5) is 4.39 Å². The van der Waals surface area contributed by atoms with Gasteiger partial charge < -0.3 is 14.6 Å². The molecule has 1 fully saturated rings. The third-order valence-electron chi connectivity index (χ3n) is 9.39. The molecule has 39 heavy (non-hydrogen) atoms. The quantitative estimate of drug-likeness (QED) is 0.339. The number of allylic oxidation sites excluding steroid dienone is 2. The first-order chi connectivity index (χ1) is 18.7. The lowest BCUT2D eigenvalue weighted by molar-refractivity contribution is -0.149. The van der Waals surface area contributed by atoms with Gasteiger partial charge >= 0.3 is 5.97 Å². The normalized spacial score (nSPS) is 22.8. The zero-order valence-electron chi connectivity index (χ0n) is 22.9. The number of hydrogen-bond acceptors (Lipinski definition) is 3. The average molecular weight is 527 g/mol. The van der Waals surface area contributed by atoms with E-state index in [-0.39, 0.29) is 22.6 Å². The van der Waals surface area contributed by atoms with Gasteiger partial charge in [0.2, 0.25) is 0 Å². The molecular formula is C34H35FO4. The molecule has 0 bridgehead atoms. The van der Waals surface area contributed by atoms with Crippen molar-refractivity contribution < 1.29 is 23.8 Å². The number of rotatable bonds is 7. The number of aliphatic carboxylic acids is 1. The fourth-order valence-corrected chi connectivity index (χ4v) is 7.04. The number of carboxylic acids is 1. The molecule has 1 N–H and O–H groups in total. The molecule has 1 spiro atoms. The van der Waals surface area contributed by atoms with E-state index in [9.17, 15) is 9.90 Å². The molecule has 0 saturated heterocycles. The monoisotopic (exact) mass is 526 g/mol. The van der Waals surface area contributed by atoms with Crippen LogP contribution in [0.1, 0.15) is 68.2 Å². The molecule has 6 rings (SSSR count). The summed E-state index contributed by atoms with van der Waals surface area (Å²) in [6, 6.07) is 17.2. The van der Waals surface area contributed by atoms with Crippen molar-refractivity contribution in [2.75, 3.05) is 7.11 Å². The van der Waals surface area contributed by atoms with Crippen LogP contribution >= 0.6 is 0 Å². The summed E-state index contributed by atoms with van der Waals surface area (Å²) in [5, 5.41) is 9.74. The molecule has 3 aromatic carbocycles. The number of carbonyl (C=O) groups is 1. The first kappa shape index (κ1) is 25.7. The molecule has 3 aliphatic rings. The molecule has 4 nitrogen and oxygen atoms in total. The van der Waals surface area contributed by atoms with Crippen LogP contribution in [-0.2, 0) is 23.2 Å². The second-order valence-corrected chi connectivity index (χ2v) is 12.0.